The molecule has 1 atom stereocenters. The molecule has 0 saturated carbocycles. The van der Waals surface area contributed by atoms with Gasteiger partial charge < -0.3 is 9.88 Å². The van der Waals surface area contributed by atoms with Crippen molar-refractivity contribution in [1.82, 2.24) is 20.1 Å². The number of nitrogens with one attached hydrogen (secondary N) is 1. The maximum Gasteiger partial charge on any atom is 0.146 e. The highest BCUT2D eigenvalue weighted by atomic mass is 35.5. The van der Waals surface area contributed by atoms with Crippen LogP contribution in [0, 0.1) is 0 Å². The van der Waals surface area contributed by atoms with Crippen LogP contribution in [-0.2, 0) is 13.6 Å². The second kappa shape index (κ2) is 5.98. The highest BCUT2D eigenvalue weighted by molar-refractivity contribution is 6.30. The van der Waals surface area contributed by atoms with Crippen molar-refractivity contribution in [3.63, 3.8) is 0 Å². The van der Waals surface area contributed by atoms with Crippen LogP contribution < -0.4 is 5.32 Å². The minimum absolute atomic E-state index is 0.278. The Morgan fingerprint density at radius 1 is 1.44 bits per heavy atom. The molecular weight excluding hydrogens is 248 g/mol. The lowest BCUT2D eigenvalue weighted by Crippen LogP contribution is -2.22. The van der Waals surface area contributed by atoms with Gasteiger partial charge in [-0.2, -0.15) is 0 Å². The summed E-state index contributed by atoms with van der Waals surface area (Å²) in [7, 11) is 1.94. The Morgan fingerprint density at radius 2 is 2.28 bits per heavy atom. The van der Waals surface area contributed by atoms with Crippen molar-refractivity contribution < 1.29 is 0 Å². The molecule has 1 heterocycles. The summed E-state index contributed by atoms with van der Waals surface area (Å²) in [4.78, 5) is 0. The van der Waals surface area contributed by atoms with Gasteiger partial charge in [-0.25, -0.2) is 0 Å². The Morgan fingerprint density at radius 3 is 2.89 bits per heavy atom. The third-order valence-electron chi connectivity index (χ3n) is 2.97. The number of rotatable bonds is 5. The highest BCUT2D eigenvalue weighted by Gasteiger charge is 2.10. The van der Waals surface area contributed by atoms with Crippen molar-refractivity contribution in [3.8, 4) is 0 Å². The highest BCUT2D eigenvalue weighted by Crippen LogP contribution is 2.20. The van der Waals surface area contributed by atoms with E-state index in [-0.39, 0.29) is 6.04 Å². The van der Waals surface area contributed by atoms with E-state index in [1.165, 1.54) is 5.56 Å². The van der Waals surface area contributed by atoms with E-state index in [4.69, 9.17) is 11.6 Å². The van der Waals surface area contributed by atoms with Gasteiger partial charge in [-0.15, -0.1) is 10.2 Å². The summed E-state index contributed by atoms with van der Waals surface area (Å²) in [6.45, 7) is 2.84. The Balaban J connectivity index is 2.04. The molecule has 4 nitrogen and oxygen atoms in total. The molecule has 2 aromatic rings. The summed E-state index contributed by atoms with van der Waals surface area (Å²) in [5.41, 5.74) is 1.20. The lowest BCUT2D eigenvalue weighted by molar-refractivity contribution is 0.501. The normalized spacial score (nSPS) is 12.6. The van der Waals surface area contributed by atoms with E-state index in [0.29, 0.717) is 6.54 Å². The number of halogens is 1. The van der Waals surface area contributed by atoms with Crippen LogP contribution in [0.1, 0.15) is 30.8 Å². The van der Waals surface area contributed by atoms with E-state index >= 15 is 0 Å². The molecule has 0 saturated heterocycles. The molecule has 2 rings (SSSR count). The van der Waals surface area contributed by atoms with Gasteiger partial charge >= 0.3 is 0 Å². The number of aryl methyl sites for hydroxylation is 1. The molecule has 0 aliphatic rings. The number of hydrogen-bond acceptors (Lipinski definition) is 3. The second-order valence-electron chi connectivity index (χ2n) is 4.25. The summed E-state index contributed by atoms with van der Waals surface area (Å²) < 4.78 is 1.91. The Labute approximate surface area is 112 Å². The molecule has 1 aromatic heterocycles. The predicted octanol–water partition coefficient (Wildman–Crippen LogP) is 2.71. The molecule has 96 valence electrons. The molecule has 5 heteroatoms. The maximum atomic E-state index is 6.02. The SMILES string of the molecule is CCC(NCc1nncn1C)c1cccc(Cl)c1. The summed E-state index contributed by atoms with van der Waals surface area (Å²) in [6.07, 6.45) is 2.70. The van der Waals surface area contributed by atoms with Crippen LogP contribution in [0.5, 0.6) is 0 Å². The fraction of sp³-hybridized carbons (Fsp3) is 0.385. The zero-order chi connectivity index (χ0) is 13.0. The Hall–Kier alpha value is -1.39. The second-order valence-corrected chi connectivity index (χ2v) is 4.69. The average Bonchev–Trinajstić information content (AvgIpc) is 2.76. The average molecular weight is 265 g/mol. The molecule has 0 radical (unpaired) electrons. The van der Waals surface area contributed by atoms with E-state index in [2.05, 4.69) is 28.5 Å². The van der Waals surface area contributed by atoms with Crippen molar-refractivity contribution in [2.75, 3.05) is 0 Å². The summed E-state index contributed by atoms with van der Waals surface area (Å²) in [5, 5.41) is 12.2. The first-order chi connectivity index (χ1) is 8.70. The van der Waals surface area contributed by atoms with Gasteiger partial charge in [0.1, 0.15) is 12.2 Å². The van der Waals surface area contributed by atoms with Crippen molar-refractivity contribution in [3.05, 3.63) is 47.0 Å². The van der Waals surface area contributed by atoms with Gasteiger partial charge in [-0.1, -0.05) is 30.7 Å². The molecule has 0 aliphatic carbocycles. The zero-order valence-corrected chi connectivity index (χ0v) is 11.4. The first-order valence-corrected chi connectivity index (χ1v) is 6.40. The number of aromatic nitrogens is 3. The number of hydrogen-bond donors (Lipinski definition) is 1. The third-order valence-corrected chi connectivity index (χ3v) is 3.21. The minimum atomic E-state index is 0.278. The molecule has 1 aromatic carbocycles. The molecule has 18 heavy (non-hydrogen) atoms. The van der Waals surface area contributed by atoms with Crippen LogP contribution in [0.15, 0.2) is 30.6 Å². The molecule has 0 amide bonds. The van der Waals surface area contributed by atoms with Crippen LogP contribution in [0.4, 0.5) is 0 Å². The third kappa shape index (κ3) is 3.09. The first kappa shape index (κ1) is 13.1. The van der Waals surface area contributed by atoms with Crippen molar-refractivity contribution >= 4 is 11.6 Å². The quantitative estimate of drug-likeness (QED) is 0.903. The van der Waals surface area contributed by atoms with E-state index in [9.17, 15) is 0 Å². The van der Waals surface area contributed by atoms with Crippen LogP contribution in [0.2, 0.25) is 5.02 Å². The first-order valence-electron chi connectivity index (χ1n) is 6.02. The van der Waals surface area contributed by atoms with Crippen LogP contribution >= 0.6 is 11.6 Å². The number of nitrogens with zero attached hydrogens (tertiary/aromatic N) is 3. The van der Waals surface area contributed by atoms with Gasteiger partial charge in [0, 0.05) is 18.1 Å². The van der Waals surface area contributed by atoms with Gasteiger partial charge in [0.15, 0.2) is 0 Å². The monoisotopic (exact) mass is 264 g/mol. The Bertz CT molecular complexity index is 509. The smallest absolute Gasteiger partial charge is 0.146 e. The number of benzene rings is 1. The van der Waals surface area contributed by atoms with Crippen LogP contribution in [0.25, 0.3) is 0 Å². The van der Waals surface area contributed by atoms with Gasteiger partial charge in [0.2, 0.25) is 0 Å². The summed E-state index contributed by atoms with van der Waals surface area (Å²) >= 11 is 6.02. The van der Waals surface area contributed by atoms with Gasteiger partial charge in [0.25, 0.3) is 0 Å². The molecule has 0 spiro atoms. The molecule has 1 N–H and O–H groups in total. The standard InChI is InChI=1S/C13H17ClN4/c1-3-12(10-5-4-6-11(14)7-10)15-8-13-17-16-9-18(13)2/h4-7,9,12,15H,3,8H2,1-2H3. The molecule has 1 unspecified atom stereocenters. The molecule has 0 bridgehead atoms. The van der Waals surface area contributed by atoms with Gasteiger partial charge in [0.05, 0.1) is 6.54 Å². The zero-order valence-electron chi connectivity index (χ0n) is 10.6. The molecule has 0 aliphatic heterocycles. The van der Waals surface area contributed by atoms with Gasteiger partial charge in [-0.3, -0.25) is 0 Å². The van der Waals surface area contributed by atoms with Crippen molar-refractivity contribution in [2.45, 2.75) is 25.9 Å². The van der Waals surface area contributed by atoms with Crippen molar-refractivity contribution in [1.29, 1.82) is 0 Å². The predicted molar refractivity (Wildman–Crippen MR) is 72.3 cm³/mol. The van der Waals surface area contributed by atoms with E-state index in [0.717, 1.165) is 17.3 Å². The Kier molecular flexibility index (Phi) is 4.33. The topological polar surface area (TPSA) is 42.7 Å². The van der Waals surface area contributed by atoms with Crippen LogP contribution in [0.3, 0.4) is 0 Å². The fourth-order valence-corrected chi connectivity index (χ4v) is 2.10. The summed E-state index contributed by atoms with van der Waals surface area (Å²) in [5.74, 6) is 0.926. The fourth-order valence-electron chi connectivity index (χ4n) is 1.90. The molecular formula is C13H17ClN4. The summed E-state index contributed by atoms with van der Waals surface area (Å²) in [6, 6.07) is 8.23. The van der Waals surface area contributed by atoms with Crippen molar-refractivity contribution in [2.24, 2.45) is 7.05 Å². The van der Waals surface area contributed by atoms with E-state index < -0.39 is 0 Å². The van der Waals surface area contributed by atoms with E-state index in [1.807, 2.05) is 29.8 Å². The maximum absolute atomic E-state index is 6.02. The lowest BCUT2D eigenvalue weighted by atomic mass is 10.0. The lowest BCUT2D eigenvalue weighted by Gasteiger charge is -2.17. The largest absolute Gasteiger partial charge is 0.320 e. The molecule has 0 fully saturated rings. The van der Waals surface area contributed by atoms with Gasteiger partial charge in [-0.05, 0) is 24.1 Å². The van der Waals surface area contributed by atoms with Crippen LogP contribution in [-0.4, -0.2) is 14.8 Å². The van der Waals surface area contributed by atoms with E-state index in [1.54, 1.807) is 6.33 Å². The minimum Gasteiger partial charge on any atom is -0.320 e.